The van der Waals surface area contributed by atoms with Crippen LogP contribution in [0.1, 0.15) is 47.3 Å². The van der Waals surface area contributed by atoms with Gasteiger partial charge in [0.2, 0.25) is 0 Å². The maximum absolute atomic E-state index is 12.2. The summed E-state index contributed by atoms with van der Waals surface area (Å²) >= 11 is 0. The molecule has 2 aromatic heterocycles. The van der Waals surface area contributed by atoms with E-state index in [1.54, 1.807) is 19.2 Å². The van der Waals surface area contributed by atoms with Crippen LogP contribution in [-0.4, -0.2) is 23.1 Å². The van der Waals surface area contributed by atoms with Gasteiger partial charge in [0.1, 0.15) is 5.82 Å². The Hall–Kier alpha value is -2.37. The fourth-order valence-electron chi connectivity index (χ4n) is 1.88. The first-order valence-electron chi connectivity index (χ1n) is 6.89. The summed E-state index contributed by atoms with van der Waals surface area (Å²) < 4.78 is 5.07. The largest absolute Gasteiger partial charge is 0.373 e. The maximum atomic E-state index is 12.2. The van der Waals surface area contributed by atoms with Gasteiger partial charge in [0.15, 0.2) is 5.76 Å². The Morgan fingerprint density at radius 2 is 2.10 bits per heavy atom. The van der Waals surface area contributed by atoms with Gasteiger partial charge in [-0.05, 0) is 25.0 Å². The number of aromatic nitrogens is 2. The van der Waals surface area contributed by atoms with E-state index >= 15 is 0 Å². The molecule has 0 unspecified atom stereocenters. The molecule has 0 radical (unpaired) electrons. The Kier molecular flexibility index (Phi) is 4.57. The number of anilines is 1. The molecule has 0 aliphatic rings. The number of hydrogen-bond acceptors (Lipinski definition) is 5. The van der Waals surface area contributed by atoms with Crippen molar-refractivity contribution in [3.63, 3.8) is 0 Å². The Morgan fingerprint density at radius 1 is 1.33 bits per heavy atom. The van der Waals surface area contributed by atoms with Gasteiger partial charge in [0.05, 0.1) is 12.2 Å². The molecule has 0 atom stereocenters. The molecule has 2 rings (SSSR count). The van der Waals surface area contributed by atoms with E-state index in [9.17, 15) is 4.79 Å². The first-order valence-corrected chi connectivity index (χ1v) is 6.89. The van der Waals surface area contributed by atoms with Crippen LogP contribution >= 0.6 is 0 Å². The molecule has 0 aliphatic carbocycles. The number of pyridine rings is 1. The van der Waals surface area contributed by atoms with Crippen molar-refractivity contribution in [3.05, 3.63) is 40.9 Å². The standard InChI is InChI=1S/C15H20N4O2/c1-9(2)13-6-11(7-14(16-4)18-13)15(20)17-8-12-5-10(3)19-21-12/h5-7,9H,8H2,1-4H3,(H,16,18)(H,17,20). The van der Waals surface area contributed by atoms with Gasteiger partial charge < -0.3 is 15.2 Å². The fraction of sp³-hybridized carbons (Fsp3) is 0.400. The first-order chi connectivity index (χ1) is 9.99. The number of rotatable bonds is 5. The molecule has 0 bridgehead atoms. The molecule has 112 valence electrons. The van der Waals surface area contributed by atoms with Gasteiger partial charge in [-0.25, -0.2) is 4.98 Å². The Labute approximate surface area is 123 Å². The van der Waals surface area contributed by atoms with Crippen molar-refractivity contribution in [1.29, 1.82) is 0 Å². The second-order valence-corrected chi connectivity index (χ2v) is 5.19. The summed E-state index contributed by atoms with van der Waals surface area (Å²) in [6.07, 6.45) is 0. The van der Waals surface area contributed by atoms with Crippen LogP contribution in [0.2, 0.25) is 0 Å². The number of carbonyl (C=O) groups is 1. The zero-order valence-electron chi connectivity index (χ0n) is 12.7. The highest BCUT2D eigenvalue weighted by Crippen LogP contribution is 2.17. The molecule has 1 amide bonds. The zero-order valence-corrected chi connectivity index (χ0v) is 12.7. The zero-order chi connectivity index (χ0) is 15.4. The average Bonchev–Trinajstić information content (AvgIpc) is 2.89. The predicted molar refractivity (Wildman–Crippen MR) is 80.3 cm³/mol. The lowest BCUT2D eigenvalue weighted by Gasteiger charge is -2.10. The van der Waals surface area contributed by atoms with Crippen LogP contribution in [0.5, 0.6) is 0 Å². The number of amides is 1. The summed E-state index contributed by atoms with van der Waals surface area (Å²) in [5, 5.41) is 9.58. The van der Waals surface area contributed by atoms with E-state index in [1.165, 1.54) is 0 Å². The van der Waals surface area contributed by atoms with Gasteiger partial charge in [0, 0.05) is 24.4 Å². The van der Waals surface area contributed by atoms with Crippen molar-refractivity contribution >= 4 is 11.7 Å². The van der Waals surface area contributed by atoms with Gasteiger partial charge in [-0.15, -0.1) is 0 Å². The van der Waals surface area contributed by atoms with Crippen LogP contribution in [0.4, 0.5) is 5.82 Å². The monoisotopic (exact) mass is 288 g/mol. The van der Waals surface area contributed by atoms with E-state index in [1.807, 2.05) is 26.8 Å². The average molecular weight is 288 g/mol. The lowest BCUT2D eigenvalue weighted by atomic mass is 10.1. The molecule has 0 aromatic carbocycles. The van der Waals surface area contributed by atoms with Gasteiger partial charge in [-0.1, -0.05) is 19.0 Å². The van der Waals surface area contributed by atoms with E-state index in [4.69, 9.17) is 4.52 Å². The Bertz CT molecular complexity index is 634. The molecule has 21 heavy (non-hydrogen) atoms. The highest BCUT2D eigenvalue weighted by Gasteiger charge is 2.12. The SMILES string of the molecule is CNc1cc(C(=O)NCc2cc(C)no2)cc(C(C)C)n1. The van der Waals surface area contributed by atoms with E-state index in [0.717, 1.165) is 11.4 Å². The van der Waals surface area contributed by atoms with Crippen LogP contribution in [0, 0.1) is 6.92 Å². The molecule has 6 nitrogen and oxygen atoms in total. The first kappa shape index (κ1) is 15.0. The van der Waals surface area contributed by atoms with Crippen molar-refractivity contribution in [2.24, 2.45) is 0 Å². The third-order valence-corrected chi connectivity index (χ3v) is 3.05. The van der Waals surface area contributed by atoms with Crippen molar-refractivity contribution in [2.45, 2.75) is 33.2 Å². The summed E-state index contributed by atoms with van der Waals surface area (Å²) in [5.41, 5.74) is 2.25. The summed E-state index contributed by atoms with van der Waals surface area (Å²) in [6.45, 7) is 6.24. The van der Waals surface area contributed by atoms with Crippen molar-refractivity contribution in [3.8, 4) is 0 Å². The Balaban J connectivity index is 2.12. The molecule has 0 spiro atoms. The molecular weight excluding hydrogens is 268 g/mol. The van der Waals surface area contributed by atoms with E-state index in [2.05, 4.69) is 20.8 Å². The van der Waals surface area contributed by atoms with Crippen LogP contribution < -0.4 is 10.6 Å². The molecule has 6 heteroatoms. The molecule has 0 fully saturated rings. The highest BCUT2D eigenvalue weighted by atomic mass is 16.5. The number of hydrogen-bond donors (Lipinski definition) is 2. The molecular formula is C15H20N4O2. The molecule has 0 saturated heterocycles. The summed E-state index contributed by atoms with van der Waals surface area (Å²) in [6, 6.07) is 5.34. The van der Waals surface area contributed by atoms with E-state index < -0.39 is 0 Å². The second-order valence-electron chi connectivity index (χ2n) is 5.19. The minimum absolute atomic E-state index is 0.162. The van der Waals surface area contributed by atoms with Crippen LogP contribution in [-0.2, 0) is 6.54 Å². The number of aryl methyl sites for hydroxylation is 1. The van der Waals surface area contributed by atoms with Crippen molar-refractivity contribution < 1.29 is 9.32 Å². The van der Waals surface area contributed by atoms with Crippen molar-refractivity contribution in [1.82, 2.24) is 15.5 Å². The minimum Gasteiger partial charge on any atom is -0.373 e. The normalized spacial score (nSPS) is 10.7. The van der Waals surface area contributed by atoms with Gasteiger partial charge in [-0.2, -0.15) is 0 Å². The lowest BCUT2D eigenvalue weighted by molar-refractivity contribution is 0.0947. The van der Waals surface area contributed by atoms with Crippen molar-refractivity contribution in [2.75, 3.05) is 12.4 Å². The van der Waals surface area contributed by atoms with Crippen LogP contribution in [0.15, 0.2) is 22.7 Å². The number of nitrogens with one attached hydrogen (secondary N) is 2. The van der Waals surface area contributed by atoms with E-state index in [0.29, 0.717) is 23.7 Å². The molecule has 2 heterocycles. The fourth-order valence-corrected chi connectivity index (χ4v) is 1.88. The maximum Gasteiger partial charge on any atom is 0.251 e. The third-order valence-electron chi connectivity index (χ3n) is 3.05. The molecule has 0 saturated carbocycles. The van der Waals surface area contributed by atoms with Gasteiger partial charge in [0.25, 0.3) is 5.91 Å². The summed E-state index contributed by atoms with van der Waals surface area (Å²) in [4.78, 5) is 16.7. The van der Waals surface area contributed by atoms with Crippen LogP contribution in [0.25, 0.3) is 0 Å². The molecule has 0 aliphatic heterocycles. The second kappa shape index (κ2) is 6.39. The van der Waals surface area contributed by atoms with Gasteiger partial charge >= 0.3 is 0 Å². The minimum atomic E-state index is -0.162. The van der Waals surface area contributed by atoms with Gasteiger partial charge in [-0.3, -0.25) is 4.79 Å². The van der Waals surface area contributed by atoms with E-state index in [-0.39, 0.29) is 11.8 Å². The molecule has 2 aromatic rings. The smallest absolute Gasteiger partial charge is 0.251 e. The number of carbonyl (C=O) groups excluding carboxylic acids is 1. The summed E-state index contributed by atoms with van der Waals surface area (Å²) in [7, 11) is 1.78. The Morgan fingerprint density at radius 3 is 2.67 bits per heavy atom. The lowest BCUT2D eigenvalue weighted by Crippen LogP contribution is -2.23. The summed E-state index contributed by atoms with van der Waals surface area (Å²) in [5.74, 6) is 1.40. The quantitative estimate of drug-likeness (QED) is 0.883. The van der Waals surface area contributed by atoms with Crippen LogP contribution in [0.3, 0.4) is 0 Å². The highest BCUT2D eigenvalue weighted by molar-refractivity contribution is 5.94. The third kappa shape index (κ3) is 3.81. The predicted octanol–water partition coefficient (Wildman–Crippen LogP) is 2.47. The molecule has 2 N–H and O–H groups in total. The topological polar surface area (TPSA) is 80.0 Å². The number of nitrogens with zero attached hydrogens (tertiary/aromatic N) is 2.